The molecule has 0 aliphatic rings. The van der Waals surface area contributed by atoms with Crippen LogP contribution in [0.4, 0.5) is 0 Å². The monoisotopic (exact) mass is 273 g/mol. The van der Waals surface area contributed by atoms with E-state index in [1.807, 2.05) is 6.92 Å². The van der Waals surface area contributed by atoms with Gasteiger partial charge in [-0.3, -0.25) is 4.79 Å². The molecule has 0 amide bonds. The third-order valence-electron chi connectivity index (χ3n) is 2.18. The third-order valence-corrected chi connectivity index (χ3v) is 2.92. The van der Waals surface area contributed by atoms with Gasteiger partial charge in [-0.1, -0.05) is 22.9 Å². The van der Waals surface area contributed by atoms with Crippen LogP contribution in [-0.4, -0.2) is 16.2 Å². The van der Waals surface area contributed by atoms with E-state index >= 15 is 0 Å². The Morgan fingerprint density at radius 1 is 1.60 bits per heavy atom. The number of benzene rings is 1. The van der Waals surface area contributed by atoms with Gasteiger partial charge < -0.3 is 15.9 Å². The minimum Gasteiger partial charge on any atom is -0.508 e. The summed E-state index contributed by atoms with van der Waals surface area (Å²) in [5.74, 6) is -1.24. The number of rotatable bonds is 3. The Bertz CT molecular complexity index is 392. The van der Waals surface area contributed by atoms with Gasteiger partial charge in [0.05, 0.1) is 0 Å². The fourth-order valence-electron chi connectivity index (χ4n) is 1.27. The lowest BCUT2D eigenvalue weighted by molar-refractivity contribution is -0.138. The number of carbonyl (C=O) groups is 1. The highest BCUT2D eigenvalue weighted by molar-refractivity contribution is 9.10. The molecule has 0 heterocycles. The molecule has 0 aromatic heterocycles. The first kappa shape index (κ1) is 12.0. The predicted octanol–water partition coefficient (Wildman–Crippen LogP) is 1.80. The number of nitrogens with two attached hydrogens (primary N) is 1. The van der Waals surface area contributed by atoms with Crippen molar-refractivity contribution in [3.63, 3.8) is 0 Å². The zero-order valence-corrected chi connectivity index (χ0v) is 9.78. The molecule has 1 aromatic carbocycles. The van der Waals surface area contributed by atoms with Crippen LogP contribution in [0.5, 0.6) is 5.75 Å². The maximum atomic E-state index is 10.7. The Hall–Kier alpha value is -1.07. The molecule has 0 saturated carbocycles. The lowest BCUT2D eigenvalue weighted by Crippen LogP contribution is -2.20. The van der Waals surface area contributed by atoms with E-state index in [1.165, 1.54) is 6.07 Å². The molecule has 1 aromatic rings. The van der Waals surface area contributed by atoms with Crippen molar-refractivity contribution in [2.45, 2.75) is 19.4 Å². The van der Waals surface area contributed by atoms with Crippen molar-refractivity contribution in [1.29, 1.82) is 0 Å². The van der Waals surface area contributed by atoms with Crippen molar-refractivity contribution in [2.75, 3.05) is 0 Å². The number of carboxylic acid groups (broad SMARTS) is 1. The maximum absolute atomic E-state index is 10.7. The normalized spacial score (nSPS) is 12.5. The number of aromatic hydroxyl groups is 1. The lowest BCUT2D eigenvalue weighted by Gasteiger charge is -2.11. The minimum atomic E-state index is -1.20. The van der Waals surface area contributed by atoms with Crippen molar-refractivity contribution >= 4 is 21.9 Å². The lowest BCUT2D eigenvalue weighted by atomic mass is 10.0. The zero-order valence-electron chi connectivity index (χ0n) is 8.20. The number of carboxylic acids is 1. The number of aliphatic carboxylic acids is 1. The number of aryl methyl sites for hydroxylation is 1. The first-order chi connectivity index (χ1) is 6.97. The van der Waals surface area contributed by atoms with E-state index in [0.29, 0.717) is 0 Å². The molecule has 0 saturated heterocycles. The van der Waals surface area contributed by atoms with Gasteiger partial charge in [0.2, 0.25) is 0 Å². The van der Waals surface area contributed by atoms with Gasteiger partial charge in [0.25, 0.3) is 0 Å². The van der Waals surface area contributed by atoms with Gasteiger partial charge in [-0.15, -0.1) is 0 Å². The molecule has 1 atom stereocenters. The SMILES string of the molecule is CCc1cc(O)c(C(N)C(=O)O)cc1Br. The third kappa shape index (κ3) is 2.49. The van der Waals surface area contributed by atoms with Crippen LogP contribution in [0.1, 0.15) is 24.1 Å². The molecule has 15 heavy (non-hydrogen) atoms. The van der Waals surface area contributed by atoms with Crippen LogP contribution in [0, 0.1) is 0 Å². The van der Waals surface area contributed by atoms with Crippen molar-refractivity contribution in [1.82, 2.24) is 0 Å². The summed E-state index contributed by atoms with van der Waals surface area (Å²) in [4.78, 5) is 10.7. The fourth-order valence-corrected chi connectivity index (χ4v) is 1.91. The van der Waals surface area contributed by atoms with Gasteiger partial charge in [0.15, 0.2) is 0 Å². The van der Waals surface area contributed by atoms with Crippen LogP contribution < -0.4 is 5.73 Å². The molecule has 4 nitrogen and oxygen atoms in total. The Morgan fingerprint density at radius 2 is 2.20 bits per heavy atom. The van der Waals surface area contributed by atoms with Crippen molar-refractivity contribution in [2.24, 2.45) is 5.73 Å². The number of hydrogen-bond donors (Lipinski definition) is 3. The van der Waals surface area contributed by atoms with E-state index in [0.717, 1.165) is 16.5 Å². The number of phenolic OH excluding ortho intramolecular Hbond substituents is 1. The average Bonchev–Trinajstić information content (AvgIpc) is 2.19. The quantitative estimate of drug-likeness (QED) is 0.784. The summed E-state index contributed by atoms with van der Waals surface area (Å²) in [5.41, 5.74) is 6.54. The van der Waals surface area contributed by atoms with E-state index in [-0.39, 0.29) is 11.3 Å². The Morgan fingerprint density at radius 3 is 2.67 bits per heavy atom. The summed E-state index contributed by atoms with van der Waals surface area (Å²) in [6.07, 6.45) is 0.747. The standard InChI is InChI=1S/C10H12BrNO3/c1-2-5-3-8(13)6(4-7(5)11)9(12)10(14)15/h3-4,9,13H,2,12H2,1H3,(H,14,15). The van der Waals surface area contributed by atoms with Crippen LogP contribution >= 0.6 is 15.9 Å². The van der Waals surface area contributed by atoms with E-state index in [1.54, 1.807) is 6.07 Å². The molecular weight excluding hydrogens is 262 g/mol. The average molecular weight is 274 g/mol. The first-order valence-corrected chi connectivity index (χ1v) is 5.26. The van der Waals surface area contributed by atoms with Crippen molar-refractivity contribution in [3.05, 3.63) is 27.7 Å². The van der Waals surface area contributed by atoms with Gasteiger partial charge in [-0.05, 0) is 24.1 Å². The summed E-state index contributed by atoms with van der Waals surface area (Å²) >= 11 is 3.30. The summed E-state index contributed by atoms with van der Waals surface area (Å²) in [6, 6.07) is 1.88. The number of phenols is 1. The maximum Gasteiger partial charge on any atom is 0.325 e. The summed E-state index contributed by atoms with van der Waals surface area (Å²) in [7, 11) is 0. The second-order valence-electron chi connectivity index (χ2n) is 3.17. The van der Waals surface area contributed by atoms with Crippen LogP contribution in [-0.2, 0) is 11.2 Å². The number of halogens is 1. The van der Waals surface area contributed by atoms with Gasteiger partial charge in [0.1, 0.15) is 11.8 Å². The molecule has 0 radical (unpaired) electrons. The molecule has 5 heteroatoms. The Labute approximate surface area is 95.8 Å². The number of hydrogen-bond acceptors (Lipinski definition) is 3. The van der Waals surface area contributed by atoms with E-state index in [2.05, 4.69) is 15.9 Å². The second kappa shape index (κ2) is 4.63. The van der Waals surface area contributed by atoms with Gasteiger partial charge in [-0.2, -0.15) is 0 Å². The van der Waals surface area contributed by atoms with E-state index in [9.17, 15) is 9.90 Å². The van der Waals surface area contributed by atoms with Crippen LogP contribution in [0.3, 0.4) is 0 Å². The highest BCUT2D eigenvalue weighted by atomic mass is 79.9. The molecule has 0 fully saturated rings. The predicted molar refractivity (Wildman–Crippen MR) is 59.7 cm³/mol. The summed E-state index contributed by atoms with van der Waals surface area (Å²) < 4.78 is 0.759. The molecule has 1 rings (SSSR count). The molecule has 0 aliphatic heterocycles. The first-order valence-electron chi connectivity index (χ1n) is 4.47. The minimum absolute atomic E-state index is 0.0787. The Kier molecular flexibility index (Phi) is 3.71. The molecule has 0 spiro atoms. The van der Waals surface area contributed by atoms with Gasteiger partial charge in [0, 0.05) is 10.0 Å². The molecule has 1 unspecified atom stereocenters. The zero-order chi connectivity index (χ0) is 11.6. The second-order valence-corrected chi connectivity index (χ2v) is 4.03. The highest BCUT2D eigenvalue weighted by Crippen LogP contribution is 2.30. The van der Waals surface area contributed by atoms with Crippen LogP contribution in [0.25, 0.3) is 0 Å². The summed E-state index contributed by atoms with van der Waals surface area (Å²) in [5, 5.41) is 18.3. The van der Waals surface area contributed by atoms with Gasteiger partial charge >= 0.3 is 5.97 Å². The van der Waals surface area contributed by atoms with Crippen molar-refractivity contribution < 1.29 is 15.0 Å². The molecule has 0 aliphatic carbocycles. The largest absolute Gasteiger partial charge is 0.508 e. The molecular formula is C10H12BrNO3. The summed E-state index contributed by atoms with van der Waals surface area (Å²) in [6.45, 7) is 1.94. The van der Waals surface area contributed by atoms with Gasteiger partial charge in [-0.25, -0.2) is 0 Å². The van der Waals surface area contributed by atoms with Crippen LogP contribution in [0.2, 0.25) is 0 Å². The molecule has 82 valence electrons. The fraction of sp³-hybridized carbons (Fsp3) is 0.300. The molecule has 4 N–H and O–H groups in total. The smallest absolute Gasteiger partial charge is 0.325 e. The topological polar surface area (TPSA) is 83.5 Å². The van der Waals surface area contributed by atoms with E-state index in [4.69, 9.17) is 10.8 Å². The molecule has 0 bridgehead atoms. The highest BCUT2D eigenvalue weighted by Gasteiger charge is 2.19. The Balaban J connectivity index is 3.21. The van der Waals surface area contributed by atoms with E-state index < -0.39 is 12.0 Å². The van der Waals surface area contributed by atoms with Crippen molar-refractivity contribution in [3.8, 4) is 5.75 Å². The van der Waals surface area contributed by atoms with Crippen LogP contribution in [0.15, 0.2) is 16.6 Å².